The number of hydrogen-bond acceptors (Lipinski definition) is 10. The average molecular weight is 533 g/mol. The summed E-state index contributed by atoms with van der Waals surface area (Å²) in [4.78, 5) is 0. The van der Waals surface area contributed by atoms with E-state index in [9.17, 15) is 40.9 Å². The number of aromatic hydroxyl groups is 7. The molecule has 200 valence electrons. The van der Waals surface area contributed by atoms with Crippen molar-refractivity contribution in [3.63, 3.8) is 0 Å². The number of rotatable bonds is 3. The fraction of sp³-hybridized carbons (Fsp3) is 0.172. The van der Waals surface area contributed by atoms with Gasteiger partial charge in [0.25, 0.3) is 0 Å². The molecule has 4 atom stereocenters. The fourth-order valence-electron chi connectivity index (χ4n) is 5.41. The molecule has 0 amide bonds. The first-order valence-corrected chi connectivity index (χ1v) is 12.1. The first-order chi connectivity index (χ1) is 18.6. The minimum Gasteiger partial charge on any atom is -0.508 e. The predicted molar refractivity (Wildman–Crippen MR) is 136 cm³/mol. The summed E-state index contributed by atoms with van der Waals surface area (Å²) in [5, 5.41) is 82.1. The van der Waals surface area contributed by atoms with Gasteiger partial charge >= 0.3 is 0 Å². The Morgan fingerprint density at radius 3 is 1.74 bits per heavy atom. The molecule has 0 aromatic heterocycles. The van der Waals surface area contributed by atoms with Gasteiger partial charge in [0.05, 0.1) is 12.0 Å². The molecule has 10 nitrogen and oxygen atoms in total. The molecule has 2 aliphatic heterocycles. The van der Waals surface area contributed by atoms with Crippen molar-refractivity contribution in [2.75, 3.05) is 0 Å². The molecular weight excluding hydrogens is 508 g/mol. The van der Waals surface area contributed by atoms with Crippen LogP contribution >= 0.6 is 0 Å². The molecule has 8 N–H and O–H groups in total. The Bertz CT molecular complexity index is 1590. The van der Waals surface area contributed by atoms with Crippen molar-refractivity contribution in [1.29, 1.82) is 0 Å². The van der Waals surface area contributed by atoms with Crippen molar-refractivity contribution >= 4 is 0 Å². The van der Waals surface area contributed by atoms with Crippen molar-refractivity contribution in [2.24, 2.45) is 0 Å². The molecule has 6 rings (SSSR count). The second-order valence-corrected chi connectivity index (χ2v) is 9.72. The molecule has 0 saturated heterocycles. The molecule has 0 spiro atoms. The molecule has 0 unspecified atom stereocenters. The van der Waals surface area contributed by atoms with Gasteiger partial charge in [-0.3, -0.25) is 0 Å². The number of ether oxygens (including phenoxy) is 2. The predicted octanol–water partition coefficient (Wildman–Crippen LogP) is 3.93. The van der Waals surface area contributed by atoms with Gasteiger partial charge < -0.3 is 50.3 Å². The van der Waals surface area contributed by atoms with Crippen molar-refractivity contribution in [2.45, 2.75) is 30.7 Å². The van der Waals surface area contributed by atoms with E-state index in [0.717, 1.165) is 0 Å². The molecule has 0 radical (unpaired) electrons. The second kappa shape index (κ2) is 8.81. The van der Waals surface area contributed by atoms with Crippen LogP contribution in [0.25, 0.3) is 0 Å². The zero-order valence-corrected chi connectivity index (χ0v) is 20.2. The van der Waals surface area contributed by atoms with Crippen LogP contribution in [0.4, 0.5) is 0 Å². The molecule has 4 aromatic rings. The smallest absolute Gasteiger partial charge is 0.157 e. The Labute approximate surface area is 221 Å². The molecule has 39 heavy (non-hydrogen) atoms. The summed E-state index contributed by atoms with van der Waals surface area (Å²) in [6, 6.07) is 13.7. The Hall–Kier alpha value is -4.96. The summed E-state index contributed by atoms with van der Waals surface area (Å²) >= 11 is 0. The fourth-order valence-corrected chi connectivity index (χ4v) is 5.41. The highest BCUT2D eigenvalue weighted by Gasteiger charge is 2.44. The number of benzene rings is 4. The maximum absolute atomic E-state index is 10.9. The SMILES string of the molecule is Oc1cc(O)cc([C@@H]2c3c(cc(O)c4c3O[C@H](c3ccc(O)c(O)c3)[C@@H](O)C4)O[C@H]2c2ccc(O)c(O)c2)c1. The topological polar surface area (TPSA) is 180 Å². The van der Waals surface area contributed by atoms with E-state index in [0.29, 0.717) is 27.8 Å². The van der Waals surface area contributed by atoms with E-state index in [4.69, 9.17) is 9.47 Å². The third-order valence-electron chi connectivity index (χ3n) is 7.18. The lowest BCUT2D eigenvalue weighted by molar-refractivity contribution is 0.0191. The van der Waals surface area contributed by atoms with Gasteiger partial charge in [0.15, 0.2) is 23.0 Å². The number of phenolic OH excluding ortho intramolecular Hbond substituents is 7. The standard InChI is InChI=1S/C29H24O10/c30-15-5-14(6-16(31)9-15)25-26-24(38-28(25)13-2-4-19(33)22(36)8-13)11-20(34)17-10-23(37)27(39-29(17)26)12-1-3-18(32)21(35)7-12/h1-9,11,23,25,27-28,30-37H,10H2/t23-,25+,27+,28-/m0/s1. The van der Waals surface area contributed by atoms with Crippen LogP contribution in [0.1, 0.15) is 45.9 Å². The van der Waals surface area contributed by atoms with Gasteiger partial charge in [0.1, 0.15) is 41.0 Å². The zero-order chi connectivity index (χ0) is 27.6. The van der Waals surface area contributed by atoms with Crippen LogP contribution in [0.3, 0.4) is 0 Å². The summed E-state index contributed by atoms with van der Waals surface area (Å²) in [5.74, 6) is -2.29. The molecule has 10 heteroatoms. The Morgan fingerprint density at radius 1 is 0.564 bits per heavy atom. The van der Waals surface area contributed by atoms with Crippen LogP contribution in [0.5, 0.6) is 51.7 Å². The van der Waals surface area contributed by atoms with Gasteiger partial charge in [-0.2, -0.15) is 0 Å². The van der Waals surface area contributed by atoms with Crippen LogP contribution in [0, 0.1) is 0 Å². The lowest BCUT2D eigenvalue weighted by Crippen LogP contribution is -2.31. The number of hydrogen-bond donors (Lipinski definition) is 8. The Morgan fingerprint density at radius 2 is 1.15 bits per heavy atom. The molecule has 0 aliphatic carbocycles. The number of aliphatic hydroxyl groups excluding tert-OH is 1. The molecule has 2 aliphatic rings. The maximum atomic E-state index is 10.9. The monoisotopic (exact) mass is 532 g/mol. The van der Waals surface area contributed by atoms with E-state index in [1.807, 2.05) is 0 Å². The van der Waals surface area contributed by atoms with E-state index < -0.39 is 24.2 Å². The van der Waals surface area contributed by atoms with Gasteiger partial charge in [0, 0.05) is 29.7 Å². The summed E-state index contributed by atoms with van der Waals surface area (Å²) in [5.41, 5.74) is 2.05. The number of aliphatic hydroxyl groups is 1. The Balaban J connectivity index is 1.54. The molecule has 2 heterocycles. The summed E-state index contributed by atoms with van der Waals surface area (Å²) in [6.45, 7) is 0. The minimum absolute atomic E-state index is 0.0105. The van der Waals surface area contributed by atoms with Crippen molar-refractivity contribution < 1.29 is 50.3 Å². The third-order valence-corrected chi connectivity index (χ3v) is 7.18. The highest BCUT2D eigenvalue weighted by molar-refractivity contribution is 5.65. The van der Waals surface area contributed by atoms with Crippen LogP contribution in [-0.4, -0.2) is 47.0 Å². The van der Waals surface area contributed by atoms with E-state index >= 15 is 0 Å². The average Bonchev–Trinajstić information content (AvgIpc) is 3.26. The van der Waals surface area contributed by atoms with Gasteiger partial charge in [0.2, 0.25) is 0 Å². The van der Waals surface area contributed by atoms with Gasteiger partial charge in [-0.25, -0.2) is 0 Å². The summed E-state index contributed by atoms with van der Waals surface area (Å²) in [7, 11) is 0. The summed E-state index contributed by atoms with van der Waals surface area (Å²) < 4.78 is 12.5. The number of fused-ring (bicyclic) bond motifs is 3. The van der Waals surface area contributed by atoms with Crippen LogP contribution in [0.15, 0.2) is 60.7 Å². The van der Waals surface area contributed by atoms with E-state index in [1.54, 1.807) is 6.07 Å². The zero-order valence-electron chi connectivity index (χ0n) is 20.2. The van der Waals surface area contributed by atoms with E-state index in [1.165, 1.54) is 54.6 Å². The normalized spacial score (nSPS) is 21.5. The first-order valence-electron chi connectivity index (χ1n) is 12.1. The van der Waals surface area contributed by atoms with E-state index in [2.05, 4.69) is 0 Å². The molecule has 0 fully saturated rings. The van der Waals surface area contributed by atoms with Crippen molar-refractivity contribution in [3.8, 4) is 51.7 Å². The third kappa shape index (κ3) is 4.02. The Kier molecular flexibility index (Phi) is 5.51. The highest BCUT2D eigenvalue weighted by Crippen LogP contribution is 2.58. The molecule has 0 bridgehead atoms. The lowest BCUT2D eigenvalue weighted by Gasteiger charge is -2.33. The molecule has 0 saturated carbocycles. The summed E-state index contributed by atoms with van der Waals surface area (Å²) in [6.07, 6.45) is -2.94. The number of phenols is 7. The van der Waals surface area contributed by atoms with Gasteiger partial charge in [-0.05, 0) is 53.1 Å². The maximum Gasteiger partial charge on any atom is 0.157 e. The lowest BCUT2D eigenvalue weighted by atomic mass is 9.82. The highest BCUT2D eigenvalue weighted by atomic mass is 16.5. The van der Waals surface area contributed by atoms with Crippen molar-refractivity contribution in [3.05, 3.63) is 88.5 Å². The van der Waals surface area contributed by atoms with Crippen LogP contribution in [-0.2, 0) is 6.42 Å². The minimum atomic E-state index is -1.11. The van der Waals surface area contributed by atoms with Crippen LogP contribution in [0.2, 0.25) is 0 Å². The molecular formula is C29H24O10. The largest absolute Gasteiger partial charge is 0.508 e. The quantitative estimate of drug-likeness (QED) is 0.180. The molecule has 4 aromatic carbocycles. The van der Waals surface area contributed by atoms with Crippen LogP contribution < -0.4 is 9.47 Å². The van der Waals surface area contributed by atoms with E-state index in [-0.39, 0.29) is 58.2 Å². The first kappa shape index (κ1) is 24.4. The van der Waals surface area contributed by atoms with Gasteiger partial charge in [-0.1, -0.05) is 12.1 Å². The van der Waals surface area contributed by atoms with Gasteiger partial charge in [-0.15, -0.1) is 0 Å². The van der Waals surface area contributed by atoms with Crippen molar-refractivity contribution in [1.82, 2.24) is 0 Å². The second-order valence-electron chi connectivity index (χ2n) is 9.72.